The summed E-state index contributed by atoms with van der Waals surface area (Å²) in [4.78, 5) is 0. The fraction of sp³-hybridized carbons (Fsp3) is 0.882. The molecule has 0 aliphatic rings. The second-order valence-corrected chi connectivity index (χ2v) is 8.91. The van der Waals surface area contributed by atoms with Crippen molar-refractivity contribution in [2.24, 2.45) is 0 Å². The van der Waals surface area contributed by atoms with E-state index in [-0.39, 0.29) is 4.75 Å². The van der Waals surface area contributed by atoms with E-state index in [2.05, 4.69) is 25.1 Å². The first-order chi connectivity index (χ1) is 9.27. The lowest BCUT2D eigenvalue weighted by molar-refractivity contribution is 0.502. The normalized spacial score (nSPS) is 15.1. The van der Waals surface area contributed by atoms with Crippen LogP contribution >= 0.6 is 0 Å². The number of hydrogen-bond donors (Lipinski definition) is 1. The first-order valence-electron chi connectivity index (χ1n) is 8.09. The Bertz CT molecular complexity index is 294. The third-order valence-electron chi connectivity index (χ3n) is 3.33. The van der Waals surface area contributed by atoms with Crippen LogP contribution in [-0.2, 0) is 11.0 Å². The largest absolute Gasteiger partial charge is 0.242 e. The predicted molar refractivity (Wildman–Crippen MR) is 92.2 cm³/mol. The highest BCUT2D eigenvalue weighted by Gasteiger charge is 2.22. The predicted octanol–water partition coefficient (Wildman–Crippen LogP) is 5.12. The summed E-state index contributed by atoms with van der Waals surface area (Å²) in [5.41, 5.74) is 1.17. The van der Waals surface area contributed by atoms with Crippen molar-refractivity contribution in [3.8, 4) is 0 Å². The van der Waals surface area contributed by atoms with E-state index in [1.54, 1.807) is 0 Å². The van der Waals surface area contributed by atoms with Gasteiger partial charge < -0.3 is 0 Å². The Morgan fingerprint density at radius 1 is 1.15 bits per heavy atom. The second-order valence-electron chi connectivity index (χ2n) is 6.91. The van der Waals surface area contributed by atoms with Crippen LogP contribution in [0.4, 0.5) is 0 Å². The lowest BCUT2D eigenvalue weighted by Crippen LogP contribution is -2.39. The summed E-state index contributed by atoms with van der Waals surface area (Å²) in [7, 11) is -0.985. The highest BCUT2D eigenvalue weighted by Crippen LogP contribution is 2.16. The Balaban J connectivity index is 4.09. The van der Waals surface area contributed by atoms with Gasteiger partial charge in [0.05, 0.1) is 15.7 Å². The lowest BCUT2D eigenvalue weighted by Gasteiger charge is -2.24. The molecule has 0 unspecified atom stereocenters. The molecule has 0 radical (unpaired) electrons. The molecule has 0 amide bonds. The molecule has 0 rings (SSSR count). The maximum atomic E-state index is 12.2. The summed E-state index contributed by atoms with van der Waals surface area (Å²) in [5.74, 6) is 0. The van der Waals surface area contributed by atoms with Gasteiger partial charge in [-0.1, -0.05) is 51.0 Å². The minimum atomic E-state index is -0.985. The molecule has 0 spiro atoms. The maximum Gasteiger partial charge on any atom is 0.0972 e. The average molecular weight is 302 g/mol. The van der Waals surface area contributed by atoms with E-state index in [1.165, 1.54) is 44.1 Å². The van der Waals surface area contributed by atoms with E-state index < -0.39 is 11.0 Å². The van der Waals surface area contributed by atoms with Crippen molar-refractivity contribution in [1.82, 2.24) is 4.72 Å². The summed E-state index contributed by atoms with van der Waals surface area (Å²) in [6.07, 6.45) is 9.86. The van der Waals surface area contributed by atoms with Gasteiger partial charge in [-0.3, -0.25) is 0 Å². The van der Waals surface area contributed by atoms with Gasteiger partial charge in [0.15, 0.2) is 0 Å². The third-order valence-corrected chi connectivity index (χ3v) is 4.99. The maximum absolute atomic E-state index is 12.2. The van der Waals surface area contributed by atoms with Gasteiger partial charge in [0.25, 0.3) is 0 Å². The van der Waals surface area contributed by atoms with Crippen LogP contribution in [0.2, 0.25) is 0 Å². The van der Waals surface area contributed by atoms with Crippen molar-refractivity contribution in [2.75, 3.05) is 0 Å². The molecule has 0 aliphatic carbocycles. The topological polar surface area (TPSA) is 29.1 Å². The molecule has 0 bridgehead atoms. The van der Waals surface area contributed by atoms with Gasteiger partial charge in [0.2, 0.25) is 0 Å². The summed E-state index contributed by atoms with van der Waals surface area (Å²) < 4.78 is 15.3. The molecule has 0 saturated carbocycles. The highest BCUT2D eigenvalue weighted by molar-refractivity contribution is 7.84. The van der Waals surface area contributed by atoms with Crippen molar-refractivity contribution in [1.29, 1.82) is 0 Å². The number of hydrogen-bond acceptors (Lipinski definition) is 1. The van der Waals surface area contributed by atoms with Gasteiger partial charge in [0.1, 0.15) is 0 Å². The molecule has 0 heterocycles. The minimum Gasteiger partial charge on any atom is -0.242 e. The molecule has 0 aromatic heterocycles. The third kappa shape index (κ3) is 10.6. The van der Waals surface area contributed by atoms with Crippen LogP contribution < -0.4 is 4.72 Å². The molecule has 120 valence electrons. The quantitative estimate of drug-likeness (QED) is 0.416. The number of rotatable bonds is 11. The van der Waals surface area contributed by atoms with Gasteiger partial charge in [-0.15, -0.1) is 6.58 Å². The van der Waals surface area contributed by atoms with Crippen molar-refractivity contribution in [3.63, 3.8) is 0 Å². The van der Waals surface area contributed by atoms with Gasteiger partial charge >= 0.3 is 0 Å². The van der Waals surface area contributed by atoms with Crippen LogP contribution in [0.3, 0.4) is 0 Å². The summed E-state index contributed by atoms with van der Waals surface area (Å²) in [6, 6.07) is 0.304. The van der Waals surface area contributed by atoms with Crippen LogP contribution in [0, 0.1) is 0 Å². The number of unbranched alkanes of at least 4 members (excludes halogenated alkanes) is 5. The highest BCUT2D eigenvalue weighted by atomic mass is 32.2. The Kier molecular flexibility index (Phi) is 10.5. The molecule has 0 aromatic carbocycles. The molecule has 0 fully saturated rings. The van der Waals surface area contributed by atoms with Crippen LogP contribution in [0.5, 0.6) is 0 Å². The summed E-state index contributed by atoms with van der Waals surface area (Å²) in [5, 5.41) is 0. The van der Waals surface area contributed by atoms with Crippen molar-refractivity contribution in [2.45, 2.75) is 96.8 Å². The lowest BCUT2D eigenvalue weighted by atomic mass is 10.0. The molecular formula is C17H35NOS. The fourth-order valence-corrected chi connectivity index (χ4v) is 2.98. The van der Waals surface area contributed by atoms with Gasteiger partial charge in [-0.2, -0.15) is 0 Å². The minimum absolute atomic E-state index is 0.200. The fourth-order valence-electron chi connectivity index (χ4n) is 2.12. The summed E-state index contributed by atoms with van der Waals surface area (Å²) in [6.45, 7) is 14.3. The van der Waals surface area contributed by atoms with E-state index in [9.17, 15) is 4.21 Å². The van der Waals surface area contributed by atoms with Crippen LogP contribution in [0.1, 0.15) is 86.0 Å². The van der Waals surface area contributed by atoms with Gasteiger partial charge in [-0.25, -0.2) is 8.93 Å². The Labute approximate surface area is 129 Å². The van der Waals surface area contributed by atoms with Gasteiger partial charge in [0, 0.05) is 6.04 Å². The zero-order valence-electron chi connectivity index (χ0n) is 14.3. The standard InChI is InChI=1S/C17H35NOS/c1-7-8-9-10-11-12-13-16(14-15(2)3)18-20(19)17(4,5)6/h16,18H,2,7-14H2,1,3-6H3/t16-,20-/m1/s1. The van der Waals surface area contributed by atoms with Crippen molar-refractivity contribution < 1.29 is 4.21 Å². The molecule has 0 aromatic rings. The molecule has 2 atom stereocenters. The second kappa shape index (κ2) is 10.6. The van der Waals surface area contributed by atoms with Crippen LogP contribution in [0.25, 0.3) is 0 Å². The number of nitrogens with one attached hydrogen (secondary N) is 1. The van der Waals surface area contributed by atoms with E-state index in [1.807, 2.05) is 20.8 Å². The first-order valence-corrected chi connectivity index (χ1v) is 9.24. The van der Waals surface area contributed by atoms with E-state index in [0.29, 0.717) is 6.04 Å². The Hall–Kier alpha value is -0.150. The Morgan fingerprint density at radius 2 is 1.70 bits per heavy atom. The smallest absolute Gasteiger partial charge is 0.0972 e. The molecule has 2 nitrogen and oxygen atoms in total. The van der Waals surface area contributed by atoms with Crippen LogP contribution in [-0.4, -0.2) is 15.0 Å². The van der Waals surface area contributed by atoms with Gasteiger partial charge in [-0.05, 0) is 40.5 Å². The first kappa shape index (κ1) is 19.9. The summed E-state index contributed by atoms with van der Waals surface area (Å²) >= 11 is 0. The Morgan fingerprint density at radius 3 is 2.20 bits per heavy atom. The van der Waals surface area contributed by atoms with E-state index in [4.69, 9.17) is 0 Å². The van der Waals surface area contributed by atoms with E-state index in [0.717, 1.165) is 12.8 Å². The monoisotopic (exact) mass is 301 g/mol. The molecule has 0 saturated heterocycles. The molecule has 20 heavy (non-hydrogen) atoms. The molecular weight excluding hydrogens is 266 g/mol. The zero-order valence-corrected chi connectivity index (χ0v) is 15.1. The SMILES string of the molecule is C=C(C)C[C@@H](CCCCCCCC)N[S@](=O)C(C)(C)C. The molecule has 0 aliphatic heterocycles. The average Bonchev–Trinajstić information content (AvgIpc) is 2.31. The van der Waals surface area contributed by atoms with Crippen molar-refractivity contribution >= 4 is 11.0 Å². The molecule has 1 N–H and O–H groups in total. The zero-order chi connectivity index (χ0) is 15.6. The van der Waals surface area contributed by atoms with Crippen LogP contribution in [0.15, 0.2) is 12.2 Å². The molecule has 3 heteroatoms. The van der Waals surface area contributed by atoms with E-state index >= 15 is 0 Å². The van der Waals surface area contributed by atoms with Crippen molar-refractivity contribution in [3.05, 3.63) is 12.2 Å².